The van der Waals surface area contributed by atoms with Crippen LogP contribution in [-0.4, -0.2) is 54.9 Å². The SMILES string of the molecule is CCN1C(=O)/C(=C2\SC(SCC(=O)O)=NN2C)SC1=S. The number of likely N-dealkylation sites (N-methyl/N-ethyl adjacent to an activating group) is 1. The van der Waals surface area contributed by atoms with Crippen LogP contribution in [0.15, 0.2) is 15.0 Å². The average molecular weight is 349 g/mol. The number of nitrogens with zero attached hydrogens (tertiary/aromatic N) is 3. The van der Waals surface area contributed by atoms with E-state index in [-0.39, 0.29) is 11.7 Å². The van der Waals surface area contributed by atoms with Gasteiger partial charge in [0.1, 0.15) is 14.3 Å². The summed E-state index contributed by atoms with van der Waals surface area (Å²) in [7, 11) is 1.73. The number of rotatable bonds is 3. The molecule has 0 aromatic carbocycles. The second-order valence-corrected chi connectivity index (χ2v) is 7.57. The number of thiocarbonyl (C=S) groups is 1. The number of carboxylic acid groups (broad SMARTS) is 1. The van der Waals surface area contributed by atoms with E-state index >= 15 is 0 Å². The standard InChI is InChI=1S/C10H11N3O3S4/c1-3-13-7(16)6(19-10(13)17)8-12(2)11-9(20-8)18-4-5(14)15/h3-4H2,1-2H3,(H,14,15)/b8-6+. The highest BCUT2D eigenvalue weighted by molar-refractivity contribution is 8.41. The molecular formula is C10H11N3O3S4. The number of hydrogen-bond acceptors (Lipinski definition) is 8. The Hall–Kier alpha value is -0.710. The van der Waals surface area contributed by atoms with Crippen LogP contribution in [-0.2, 0) is 9.59 Å². The van der Waals surface area contributed by atoms with Crippen LogP contribution >= 0.6 is 47.5 Å². The lowest BCUT2D eigenvalue weighted by Crippen LogP contribution is -2.27. The highest BCUT2D eigenvalue weighted by atomic mass is 32.2. The highest BCUT2D eigenvalue weighted by Crippen LogP contribution is 2.43. The Kier molecular flexibility index (Phi) is 4.99. The van der Waals surface area contributed by atoms with Crippen LogP contribution in [0.4, 0.5) is 0 Å². The number of carbonyl (C=O) groups excluding carboxylic acids is 1. The van der Waals surface area contributed by atoms with Crippen LogP contribution in [0.1, 0.15) is 6.92 Å². The minimum Gasteiger partial charge on any atom is -0.481 e. The summed E-state index contributed by atoms with van der Waals surface area (Å²) in [4.78, 5) is 24.9. The molecule has 0 aliphatic carbocycles. The van der Waals surface area contributed by atoms with E-state index in [4.69, 9.17) is 17.3 Å². The van der Waals surface area contributed by atoms with E-state index in [0.29, 0.717) is 25.2 Å². The first-order chi connectivity index (χ1) is 9.43. The summed E-state index contributed by atoms with van der Waals surface area (Å²) >= 11 is 8.87. The van der Waals surface area contributed by atoms with E-state index in [0.717, 1.165) is 11.8 Å². The average Bonchev–Trinajstić information content (AvgIpc) is 2.87. The third-order valence-electron chi connectivity index (χ3n) is 2.39. The molecule has 1 fully saturated rings. The Morgan fingerprint density at radius 1 is 1.50 bits per heavy atom. The maximum absolute atomic E-state index is 12.2. The van der Waals surface area contributed by atoms with Crippen molar-refractivity contribution in [3.8, 4) is 0 Å². The molecule has 0 saturated carbocycles. The molecule has 10 heteroatoms. The molecule has 6 nitrogen and oxygen atoms in total. The summed E-state index contributed by atoms with van der Waals surface area (Å²) in [5.74, 6) is -1.06. The normalized spacial score (nSPS) is 22.8. The van der Waals surface area contributed by atoms with Crippen molar-refractivity contribution in [2.75, 3.05) is 19.3 Å². The van der Waals surface area contributed by atoms with Crippen LogP contribution < -0.4 is 0 Å². The predicted octanol–water partition coefficient (Wildman–Crippen LogP) is 1.80. The highest BCUT2D eigenvalue weighted by Gasteiger charge is 2.36. The lowest BCUT2D eigenvalue weighted by molar-refractivity contribution is -0.133. The van der Waals surface area contributed by atoms with Crippen molar-refractivity contribution in [1.29, 1.82) is 0 Å². The van der Waals surface area contributed by atoms with Crippen molar-refractivity contribution in [1.82, 2.24) is 9.91 Å². The Labute approximate surface area is 134 Å². The molecule has 1 amide bonds. The van der Waals surface area contributed by atoms with Crippen LogP contribution in [0.3, 0.4) is 0 Å². The number of carboxylic acids is 1. The number of carbonyl (C=O) groups is 2. The molecule has 2 heterocycles. The lowest BCUT2D eigenvalue weighted by Gasteiger charge is -2.11. The Bertz CT molecular complexity index is 546. The summed E-state index contributed by atoms with van der Waals surface area (Å²) < 4.78 is 1.16. The number of hydrogen-bond donors (Lipinski definition) is 1. The van der Waals surface area contributed by atoms with Crippen LogP contribution in [0, 0.1) is 0 Å². The monoisotopic (exact) mass is 349 g/mol. The van der Waals surface area contributed by atoms with E-state index < -0.39 is 5.97 Å². The zero-order valence-corrected chi connectivity index (χ0v) is 13.9. The van der Waals surface area contributed by atoms with Gasteiger partial charge in [-0.3, -0.25) is 19.5 Å². The summed E-state index contributed by atoms with van der Waals surface area (Å²) in [6.45, 7) is 2.41. The second-order valence-electron chi connectivity index (χ2n) is 3.73. The van der Waals surface area contributed by atoms with Gasteiger partial charge in [-0.1, -0.05) is 35.7 Å². The largest absolute Gasteiger partial charge is 0.481 e. The molecule has 2 aliphatic rings. The molecule has 0 aromatic rings. The first-order valence-electron chi connectivity index (χ1n) is 5.56. The zero-order chi connectivity index (χ0) is 14.9. The molecule has 0 aromatic heterocycles. The van der Waals surface area contributed by atoms with Gasteiger partial charge in [0.05, 0.1) is 5.75 Å². The number of thioether (sulfide) groups is 3. The minimum absolute atomic E-state index is 0.0527. The molecule has 108 valence electrons. The molecule has 0 radical (unpaired) electrons. The van der Waals surface area contributed by atoms with Gasteiger partial charge < -0.3 is 5.11 Å². The minimum atomic E-state index is -0.897. The Morgan fingerprint density at radius 2 is 2.20 bits per heavy atom. The summed E-state index contributed by atoms with van der Waals surface area (Å²) in [5.41, 5.74) is 0. The molecule has 0 spiro atoms. The first kappa shape index (κ1) is 15.7. The molecule has 1 saturated heterocycles. The summed E-state index contributed by atoms with van der Waals surface area (Å²) in [5, 5.41) is 15.2. The van der Waals surface area contributed by atoms with Crippen molar-refractivity contribution in [2.45, 2.75) is 6.92 Å². The maximum Gasteiger partial charge on any atom is 0.313 e. The number of aliphatic carboxylic acids is 1. The molecule has 2 aliphatic heterocycles. The summed E-state index contributed by atoms with van der Waals surface area (Å²) in [6, 6.07) is 0. The maximum atomic E-state index is 12.2. The molecule has 20 heavy (non-hydrogen) atoms. The Balaban J connectivity index is 2.15. The van der Waals surface area contributed by atoms with Crippen molar-refractivity contribution < 1.29 is 14.7 Å². The van der Waals surface area contributed by atoms with Gasteiger partial charge in [-0.2, -0.15) is 5.10 Å². The van der Waals surface area contributed by atoms with Gasteiger partial charge >= 0.3 is 5.97 Å². The van der Waals surface area contributed by atoms with E-state index in [1.54, 1.807) is 17.0 Å². The second kappa shape index (κ2) is 6.37. The molecule has 0 unspecified atom stereocenters. The smallest absolute Gasteiger partial charge is 0.313 e. The third kappa shape index (κ3) is 3.13. The van der Waals surface area contributed by atoms with Gasteiger partial charge in [0.25, 0.3) is 5.91 Å². The predicted molar refractivity (Wildman–Crippen MR) is 87.5 cm³/mol. The van der Waals surface area contributed by atoms with Gasteiger partial charge in [0, 0.05) is 13.6 Å². The van der Waals surface area contributed by atoms with Crippen LogP contribution in [0.25, 0.3) is 0 Å². The fourth-order valence-electron chi connectivity index (χ4n) is 1.51. The number of hydrazone groups is 1. The van der Waals surface area contributed by atoms with Crippen molar-refractivity contribution in [2.24, 2.45) is 5.10 Å². The van der Waals surface area contributed by atoms with Gasteiger partial charge in [0.2, 0.25) is 0 Å². The first-order valence-corrected chi connectivity index (χ1v) is 8.59. The fraction of sp³-hybridized carbons (Fsp3) is 0.400. The van der Waals surface area contributed by atoms with Crippen LogP contribution in [0.5, 0.6) is 0 Å². The van der Waals surface area contributed by atoms with Crippen molar-refractivity contribution in [3.63, 3.8) is 0 Å². The molecule has 1 N–H and O–H groups in total. The van der Waals surface area contributed by atoms with Crippen LogP contribution in [0.2, 0.25) is 0 Å². The summed E-state index contributed by atoms with van der Waals surface area (Å²) in [6.07, 6.45) is 0. The van der Waals surface area contributed by atoms with Gasteiger partial charge in [-0.15, -0.1) is 0 Å². The van der Waals surface area contributed by atoms with Gasteiger partial charge in [0.15, 0.2) is 4.38 Å². The van der Waals surface area contributed by atoms with Gasteiger partial charge in [-0.25, -0.2) is 0 Å². The van der Waals surface area contributed by atoms with Crippen molar-refractivity contribution in [3.05, 3.63) is 9.93 Å². The lowest BCUT2D eigenvalue weighted by atomic mass is 10.5. The quantitative estimate of drug-likeness (QED) is 0.611. The molecule has 2 rings (SSSR count). The van der Waals surface area contributed by atoms with E-state index in [2.05, 4.69) is 5.10 Å². The van der Waals surface area contributed by atoms with E-state index in [1.807, 2.05) is 6.92 Å². The number of amides is 1. The molecular weight excluding hydrogens is 338 g/mol. The molecule has 0 bridgehead atoms. The fourth-order valence-corrected chi connectivity index (χ4v) is 4.90. The van der Waals surface area contributed by atoms with Crippen molar-refractivity contribution >= 4 is 68.1 Å². The van der Waals surface area contributed by atoms with E-state index in [9.17, 15) is 9.59 Å². The zero-order valence-electron chi connectivity index (χ0n) is 10.7. The molecule has 0 atom stereocenters. The van der Waals surface area contributed by atoms with E-state index in [1.165, 1.54) is 23.5 Å². The van der Waals surface area contributed by atoms with Gasteiger partial charge in [-0.05, 0) is 18.7 Å². The third-order valence-corrected chi connectivity index (χ3v) is 6.20. The topological polar surface area (TPSA) is 73.2 Å². The Morgan fingerprint density at radius 3 is 2.75 bits per heavy atom.